The number of hydrogen-bond donors (Lipinski definition) is 0. The van der Waals surface area contributed by atoms with E-state index < -0.39 is 0 Å². The van der Waals surface area contributed by atoms with Crippen LogP contribution in [-0.4, -0.2) is 6.29 Å². The van der Waals surface area contributed by atoms with Crippen LogP contribution in [0.5, 0.6) is 0 Å². The molecule has 0 amide bonds. The smallest absolute Gasteiger partial charge is 0.120 e. The van der Waals surface area contributed by atoms with Crippen molar-refractivity contribution in [1.82, 2.24) is 0 Å². The van der Waals surface area contributed by atoms with Gasteiger partial charge in [0.05, 0.1) is 0 Å². The lowest BCUT2D eigenvalue weighted by Gasteiger charge is -2.22. The highest BCUT2D eigenvalue weighted by Crippen LogP contribution is 2.28. The Balaban J connectivity index is 4.48. The van der Waals surface area contributed by atoms with Crippen LogP contribution in [0.3, 0.4) is 0 Å². The van der Waals surface area contributed by atoms with E-state index in [1.165, 1.54) is 5.57 Å². The Morgan fingerprint density at radius 3 is 2.36 bits per heavy atom. The van der Waals surface area contributed by atoms with Gasteiger partial charge in [0.25, 0.3) is 0 Å². The van der Waals surface area contributed by atoms with Crippen molar-refractivity contribution in [3.05, 3.63) is 36.0 Å². The highest BCUT2D eigenvalue weighted by atomic mass is 16.1. The van der Waals surface area contributed by atoms with Crippen LogP contribution in [0.4, 0.5) is 0 Å². The van der Waals surface area contributed by atoms with E-state index in [1.54, 1.807) is 0 Å². The molecule has 0 aliphatic heterocycles. The van der Waals surface area contributed by atoms with Crippen molar-refractivity contribution in [2.45, 2.75) is 34.1 Å². The Bertz CT molecular complexity index is 267. The third kappa shape index (κ3) is 4.22. The fraction of sp³-hybridized carbons (Fsp3) is 0.462. The van der Waals surface area contributed by atoms with Crippen molar-refractivity contribution >= 4 is 6.29 Å². The number of hydrogen-bond acceptors (Lipinski definition) is 1. The molecule has 14 heavy (non-hydrogen) atoms. The lowest BCUT2D eigenvalue weighted by atomic mass is 9.82. The van der Waals surface area contributed by atoms with Crippen molar-refractivity contribution < 1.29 is 4.79 Å². The van der Waals surface area contributed by atoms with E-state index in [1.807, 2.05) is 45.9 Å². The van der Waals surface area contributed by atoms with Crippen LogP contribution in [0, 0.1) is 5.41 Å². The Kier molecular flexibility index (Phi) is 5.14. The normalized spacial score (nSPS) is 13.3. The van der Waals surface area contributed by atoms with Gasteiger partial charge in [-0.3, -0.25) is 0 Å². The maximum atomic E-state index is 10.4. The van der Waals surface area contributed by atoms with Crippen LogP contribution < -0.4 is 0 Å². The summed E-state index contributed by atoms with van der Waals surface area (Å²) in [6, 6.07) is 0. The molecule has 1 nitrogen and oxygen atoms in total. The predicted octanol–water partition coefficient (Wildman–Crippen LogP) is 3.68. The molecule has 0 spiro atoms. The van der Waals surface area contributed by atoms with Crippen molar-refractivity contribution in [1.29, 1.82) is 0 Å². The fourth-order valence-corrected chi connectivity index (χ4v) is 0.893. The molecule has 0 saturated carbocycles. The Labute approximate surface area is 87.2 Å². The third-order valence-electron chi connectivity index (χ3n) is 2.47. The molecular weight excluding hydrogens is 172 g/mol. The number of rotatable bonds is 5. The monoisotopic (exact) mass is 192 g/mol. The molecule has 0 aliphatic rings. The summed E-state index contributed by atoms with van der Waals surface area (Å²) in [7, 11) is 0. The van der Waals surface area contributed by atoms with Crippen LogP contribution in [-0.2, 0) is 4.79 Å². The number of carbonyl (C=O) groups excluding carboxylic acids is 1. The highest BCUT2D eigenvalue weighted by Gasteiger charge is 2.18. The number of aldehydes is 1. The summed E-state index contributed by atoms with van der Waals surface area (Å²) < 4.78 is 0. The molecule has 0 aromatic heterocycles. The number of allylic oxidation sites excluding steroid dienone is 5. The zero-order valence-corrected chi connectivity index (χ0v) is 9.63. The first-order chi connectivity index (χ1) is 6.44. The summed E-state index contributed by atoms with van der Waals surface area (Å²) >= 11 is 0. The van der Waals surface area contributed by atoms with Gasteiger partial charge < -0.3 is 4.79 Å². The molecule has 0 rings (SSSR count). The largest absolute Gasteiger partial charge is 0.303 e. The van der Waals surface area contributed by atoms with Gasteiger partial charge in [-0.15, -0.1) is 0 Å². The average Bonchev–Trinajstić information content (AvgIpc) is 2.13. The maximum Gasteiger partial charge on any atom is 0.120 e. The molecule has 0 bridgehead atoms. The molecule has 0 N–H and O–H groups in total. The minimum absolute atomic E-state index is 0.133. The van der Waals surface area contributed by atoms with Crippen molar-refractivity contribution in [3.63, 3.8) is 0 Å². The third-order valence-corrected chi connectivity index (χ3v) is 2.47. The molecule has 78 valence electrons. The van der Waals surface area contributed by atoms with Crippen LogP contribution in [0.15, 0.2) is 36.0 Å². The molecule has 0 fully saturated rings. The molecular formula is C13H20O. The standard InChI is InChI=1S/C13H20O/c1-6-11(2)7-8-12(3)13(4,5)9-10-14/h6-8,10H,3,9H2,1-2,4-5H3/b8-7-,11-6-. The van der Waals surface area contributed by atoms with Gasteiger partial charge in [-0.05, 0) is 24.8 Å². The van der Waals surface area contributed by atoms with Crippen LogP contribution in [0.25, 0.3) is 0 Å². The molecule has 0 saturated heterocycles. The van der Waals surface area contributed by atoms with Crippen molar-refractivity contribution in [2.75, 3.05) is 0 Å². The van der Waals surface area contributed by atoms with Gasteiger partial charge >= 0.3 is 0 Å². The fourth-order valence-electron chi connectivity index (χ4n) is 0.893. The molecule has 0 atom stereocenters. The van der Waals surface area contributed by atoms with Gasteiger partial charge in [0.1, 0.15) is 6.29 Å². The highest BCUT2D eigenvalue weighted by molar-refractivity contribution is 5.52. The molecule has 1 heteroatoms. The summed E-state index contributed by atoms with van der Waals surface area (Å²) in [5, 5.41) is 0. The molecule has 0 aliphatic carbocycles. The summed E-state index contributed by atoms with van der Waals surface area (Å²) in [5.41, 5.74) is 2.06. The van der Waals surface area contributed by atoms with Gasteiger partial charge in [-0.1, -0.05) is 44.2 Å². The Morgan fingerprint density at radius 1 is 1.36 bits per heavy atom. The SMILES string of the molecule is C=C(/C=C\C(C)=C/C)C(C)(C)CC=O. The zero-order chi connectivity index (χ0) is 11.2. The van der Waals surface area contributed by atoms with Crippen LogP contribution in [0.1, 0.15) is 34.1 Å². The summed E-state index contributed by atoms with van der Waals surface area (Å²) in [5.74, 6) is 0. The molecule has 0 heterocycles. The first-order valence-electron chi connectivity index (χ1n) is 4.88. The van der Waals surface area contributed by atoms with Gasteiger partial charge in [0.15, 0.2) is 0 Å². The summed E-state index contributed by atoms with van der Waals surface area (Å²) in [4.78, 5) is 10.4. The van der Waals surface area contributed by atoms with E-state index in [9.17, 15) is 4.79 Å². The maximum absolute atomic E-state index is 10.4. The van der Waals surface area contributed by atoms with Crippen molar-refractivity contribution in [3.8, 4) is 0 Å². The minimum atomic E-state index is -0.133. The Morgan fingerprint density at radius 2 is 1.93 bits per heavy atom. The molecule has 0 aromatic rings. The van der Waals surface area contributed by atoms with Crippen LogP contribution >= 0.6 is 0 Å². The second-order valence-corrected chi connectivity index (χ2v) is 4.15. The van der Waals surface area contributed by atoms with E-state index in [-0.39, 0.29) is 5.41 Å². The van der Waals surface area contributed by atoms with Crippen LogP contribution in [0.2, 0.25) is 0 Å². The summed E-state index contributed by atoms with van der Waals surface area (Å²) in [6.45, 7) is 12.1. The van der Waals surface area contributed by atoms with Gasteiger partial charge in [-0.25, -0.2) is 0 Å². The van der Waals surface area contributed by atoms with E-state index in [4.69, 9.17) is 0 Å². The first-order valence-corrected chi connectivity index (χ1v) is 4.88. The molecule has 0 unspecified atom stereocenters. The average molecular weight is 192 g/mol. The lowest BCUT2D eigenvalue weighted by molar-refractivity contribution is -0.109. The zero-order valence-electron chi connectivity index (χ0n) is 9.63. The van der Waals surface area contributed by atoms with E-state index in [2.05, 4.69) is 6.58 Å². The van der Waals surface area contributed by atoms with Gasteiger partial charge in [0.2, 0.25) is 0 Å². The first kappa shape index (κ1) is 12.9. The molecule has 0 radical (unpaired) electrons. The van der Waals surface area contributed by atoms with Gasteiger partial charge in [-0.2, -0.15) is 0 Å². The van der Waals surface area contributed by atoms with Crippen molar-refractivity contribution in [2.24, 2.45) is 5.41 Å². The second-order valence-electron chi connectivity index (χ2n) is 4.15. The number of carbonyl (C=O) groups is 1. The van der Waals surface area contributed by atoms with E-state index in [0.717, 1.165) is 11.9 Å². The predicted molar refractivity (Wildman–Crippen MR) is 62.2 cm³/mol. The van der Waals surface area contributed by atoms with Gasteiger partial charge in [0, 0.05) is 6.42 Å². The lowest BCUT2D eigenvalue weighted by Crippen LogP contribution is -2.13. The van der Waals surface area contributed by atoms with E-state index >= 15 is 0 Å². The quantitative estimate of drug-likeness (QED) is 0.479. The van der Waals surface area contributed by atoms with E-state index in [0.29, 0.717) is 6.42 Å². The topological polar surface area (TPSA) is 17.1 Å². The summed E-state index contributed by atoms with van der Waals surface area (Å²) in [6.07, 6.45) is 7.51. The minimum Gasteiger partial charge on any atom is -0.303 e. The Hall–Kier alpha value is -1.11. The second kappa shape index (κ2) is 5.58. The molecule has 0 aromatic carbocycles.